The Morgan fingerprint density at radius 3 is 2.27 bits per heavy atom. The average Bonchev–Trinajstić information content (AvgIpc) is 2.48. The largest absolute Gasteiger partial charge is 0.380 e. The van der Waals surface area contributed by atoms with E-state index in [4.69, 9.17) is 23.7 Å². The van der Waals surface area contributed by atoms with Gasteiger partial charge in [-0.15, -0.1) is 0 Å². The Kier molecular flexibility index (Phi) is 6.58. The molecular formula is C15H29NO6. The third-order valence-corrected chi connectivity index (χ3v) is 4.58. The van der Waals surface area contributed by atoms with Crippen LogP contribution in [0, 0.1) is 0 Å². The molecule has 2 fully saturated rings. The number of rotatable bonds is 5. The molecule has 130 valence electrons. The van der Waals surface area contributed by atoms with E-state index in [0.29, 0.717) is 12.8 Å². The average molecular weight is 319 g/mol. The van der Waals surface area contributed by atoms with Crippen molar-refractivity contribution in [2.24, 2.45) is 0 Å². The van der Waals surface area contributed by atoms with Crippen molar-refractivity contribution in [3.63, 3.8) is 0 Å². The van der Waals surface area contributed by atoms with Crippen molar-refractivity contribution < 1.29 is 28.8 Å². The predicted molar refractivity (Wildman–Crippen MR) is 79.4 cm³/mol. The van der Waals surface area contributed by atoms with Crippen LogP contribution in [0.3, 0.4) is 0 Å². The summed E-state index contributed by atoms with van der Waals surface area (Å²) < 4.78 is 28.5. The highest BCUT2D eigenvalue weighted by Gasteiger charge is 2.42. The molecule has 2 N–H and O–H groups in total. The van der Waals surface area contributed by atoms with Gasteiger partial charge in [0.15, 0.2) is 12.6 Å². The van der Waals surface area contributed by atoms with Crippen LogP contribution in [0.5, 0.6) is 0 Å². The van der Waals surface area contributed by atoms with E-state index in [0.717, 1.165) is 0 Å². The molecule has 22 heavy (non-hydrogen) atoms. The minimum atomic E-state index is -0.814. The summed E-state index contributed by atoms with van der Waals surface area (Å²) in [5.74, 6) is 0. The maximum atomic E-state index is 9.68. The topological polar surface area (TPSA) is 78.4 Å². The fraction of sp³-hybridized carbons (Fsp3) is 1.00. The standard InChI is InChI=1S/C15H29NO6/c1-8-14(16-3)10(18-4)7-13(21-8)22-15-9(2)20-12(17)6-11(15)19-5/h8-17H,6-7H2,1-5H3/t8-,9-,10-,11-,12+,13-,14-,15-/m0/s1. The number of nitrogens with one attached hydrogen (secondary N) is 1. The first-order valence-electron chi connectivity index (χ1n) is 7.87. The van der Waals surface area contributed by atoms with Crippen molar-refractivity contribution in [1.29, 1.82) is 0 Å². The summed E-state index contributed by atoms with van der Waals surface area (Å²) in [6.07, 6.45) is -0.953. The first-order chi connectivity index (χ1) is 10.5. The second-order valence-corrected chi connectivity index (χ2v) is 6.00. The van der Waals surface area contributed by atoms with Crippen LogP contribution in [0.2, 0.25) is 0 Å². The lowest BCUT2D eigenvalue weighted by Crippen LogP contribution is -2.57. The van der Waals surface area contributed by atoms with Crippen LogP contribution in [0.1, 0.15) is 26.7 Å². The summed E-state index contributed by atoms with van der Waals surface area (Å²) in [6.45, 7) is 3.87. The molecule has 0 aromatic carbocycles. The second kappa shape index (κ2) is 8.01. The molecule has 0 unspecified atom stereocenters. The van der Waals surface area contributed by atoms with E-state index >= 15 is 0 Å². The summed E-state index contributed by atoms with van der Waals surface area (Å²) in [4.78, 5) is 0. The van der Waals surface area contributed by atoms with Crippen LogP contribution in [-0.2, 0) is 23.7 Å². The third-order valence-electron chi connectivity index (χ3n) is 4.58. The maximum absolute atomic E-state index is 9.68. The molecule has 2 heterocycles. The number of aliphatic hydroxyl groups excluding tert-OH is 1. The minimum absolute atomic E-state index is 0.0187. The molecule has 0 aliphatic carbocycles. The number of likely N-dealkylation sites (N-methyl/N-ethyl adjacent to an activating group) is 1. The number of hydrogen-bond donors (Lipinski definition) is 2. The first kappa shape index (κ1) is 18.1. The van der Waals surface area contributed by atoms with Crippen LogP contribution in [0.4, 0.5) is 0 Å². The van der Waals surface area contributed by atoms with Gasteiger partial charge >= 0.3 is 0 Å². The van der Waals surface area contributed by atoms with Gasteiger partial charge in [-0.1, -0.05) is 0 Å². The van der Waals surface area contributed by atoms with Crippen molar-refractivity contribution in [3.05, 3.63) is 0 Å². The molecule has 0 saturated carbocycles. The Morgan fingerprint density at radius 2 is 1.68 bits per heavy atom. The highest BCUT2D eigenvalue weighted by Crippen LogP contribution is 2.29. The van der Waals surface area contributed by atoms with Crippen LogP contribution >= 0.6 is 0 Å². The molecule has 0 aromatic rings. The zero-order valence-electron chi connectivity index (χ0n) is 14.0. The van der Waals surface area contributed by atoms with Gasteiger partial charge in [-0.3, -0.25) is 0 Å². The third kappa shape index (κ3) is 3.97. The van der Waals surface area contributed by atoms with Crippen molar-refractivity contribution in [2.75, 3.05) is 21.3 Å². The van der Waals surface area contributed by atoms with Gasteiger partial charge in [-0.25, -0.2) is 0 Å². The molecule has 0 spiro atoms. The first-order valence-corrected chi connectivity index (χ1v) is 7.87. The van der Waals surface area contributed by atoms with E-state index in [1.165, 1.54) is 0 Å². The van der Waals surface area contributed by atoms with Crippen LogP contribution in [0.15, 0.2) is 0 Å². The molecule has 2 aliphatic heterocycles. The van der Waals surface area contributed by atoms with Gasteiger partial charge in [0.05, 0.1) is 30.5 Å². The fourth-order valence-corrected chi connectivity index (χ4v) is 3.39. The Labute approximate surface area is 132 Å². The molecular weight excluding hydrogens is 290 g/mol. The number of ether oxygens (including phenoxy) is 5. The van der Waals surface area contributed by atoms with Gasteiger partial charge in [0.25, 0.3) is 0 Å². The van der Waals surface area contributed by atoms with Gasteiger partial charge in [-0.2, -0.15) is 0 Å². The minimum Gasteiger partial charge on any atom is -0.380 e. The van der Waals surface area contributed by atoms with Crippen LogP contribution in [0.25, 0.3) is 0 Å². The quantitative estimate of drug-likeness (QED) is 0.752. The van der Waals surface area contributed by atoms with Crippen molar-refractivity contribution in [2.45, 2.75) is 75.8 Å². The van der Waals surface area contributed by atoms with E-state index < -0.39 is 6.29 Å². The van der Waals surface area contributed by atoms with Crippen molar-refractivity contribution >= 4 is 0 Å². The smallest absolute Gasteiger partial charge is 0.161 e. The lowest BCUT2D eigenvalue weighted by atomic mass is 9.98. The molecule has 8 atom stereocenters. The monoisotopic (exact) mass is 319 g/mol. The molecule has 2 aliphatic rings. The molecule has 0 aromatic heterocycles. The number of aliphatic hydroxyl groups is 1. The molecule has 7 nitrogen and oxygen atoms in total. The SMILES string of the molecule is CN[C@H]1[C@H](C)O[C@@H](O[C@H]2[C@H](C)O[C@@H](O)C[C@@H]2OC)C[C@@H]1OC. The summed E-state index contributed by atoms with van der Waals surface area (Å²) in [7, 11) is 5.22. The van der Waals surface area contributed by atoms with Gasteiger partial charge in [-0.05, 0) is 20.9 Å². The van der Waals surface area contributed by atoms with Crippen molar-refractivity contribution in [3.8, 4) is 0 Å². The van der Waals surface area contributed by atoms with Crippen LogP contribution < -0.4 is 5.32 Å². The maximum Gasteiger partial charge on any atom is 0.161 e. The molecule has 2 rings (SSSR count). The molecule has 0 radical (unpaired) electrons. The zero-order chi connectivity index (χ0) is 16.3. The Morgan fingerprint density at radius 1 is 1.00 bits per heavy atom. The normalized spacial score (nSPS) is 46.6. The van der Waals surface area contributed by atoms with E-state index in [-0.39, 0.29) is 42.9 Å². The highest BCUT2D eigenvalue weighted by atomic mass is 16.7. The van der Waals surface area contributed by atoms with E-state index in [2.05, 4.69) is 5.32 Å². The molecule has 2 saturated heterocycles. The lowest BCUT2D eigenvalue weighted by Gasteiger charge is -2.44. The van der Waals surface area contributed by atoms with E-state index in [9.17, 15) is 5.11 Å². The van der Waals surface area contributed by atoms with Gasteiger partial charge in [0, 0.05) is 27.1 Å². The molecule has 0 amide bonds. The molecule has 0 bridgehead atoms. The van der Waals surface area contributed by atoms with E-state index in [1.807, 2.05) is 20.9 Å². The Hall–Kier alpha value is -0.280. The summed E-state index contributed by atoms with van der Waals surface area (Å²) in [6, 6.07) is 0.130. The van der Waals surface area contributed by atoms with Gasteiger partial charge in [0.1, 0.15) is 6.10 Å². The number of methoxy groups -OCH3 is 2. The highest BCUT2D eigenvalue weighted by molar-refractivity contribution is 4.89. The summed E-state index contributed by atoms with van der Waals surface area (Å²) in [5.41, 5.74) is 0. The Balaban J connectivity index is 2.00. The summed E-state index contributed by atoms with van der Waals surface area (Å²) >= 11 is 0. The Bertz CT molecular complexity index is 344. The fourth-order valence-electron chi connectivity index (χ4n) is 3.39. The van der Waals surface area contributed by atoms with Crippen LogP contribution in [-0.4, -0.2) is 75.5 Å². The van der Waals surface area contributed by atoms with Gasteiger partial charge in [0.2, 0.25) is 0 Å². The van der Waals surface area contributed by atoms with E-state index in [1.54, 1.807) is 14.2 Å². The summed E-state index contributed by atoms with van der Waals surface area (Å²) in [5, 5.41) is 12.9. The second-order valence-electron chi connectivity index (χ2n) is 6.00. The number of hydrogen-bond acceptors (Lipinski definition) is 7. The van der Waals surface area contributed by atoms with Crippen molar-refractivity contribution in [1.82, 2.24) is 5.32 Å². The zero-order valence-corrected chi connectivity index (χ0v) is 14.0. The molecule has 7 heteroatoms. The predicted octanol–water partition coefficient (Wildman–Crippen LogP) is 0.252. The van der Waals surface area contributed by atoms with Gasteiger partial charge < -0.3 is 34.1 Å². The lowest BCUT2D eigenvalue weighted by molar-refractivity contribution is -0.301.